The van der Waals surface area contributed by atoms with Gasteiger partial charge in [0.05, 0.1) is 18.6 Å². The maximum absolute atomic E-state index is 11.2. The van der Waals surface area contributed by atoms with Gasteiger partial charge in [-0.15, -0.1) is 0 Å². The Morgan fingerprint density at radius 3 is 3.06 bits per heavy atom. The molecule has 5 atom stereocenters. The molecule has 0 amide bonds. The fourth-order valence-electron chi connectivity index (χ4n) is 2.55. The van der Waals surface area contributed by atoms with Gasteiger partial charge in [0.25, 0.3) is 0 Å². The molecule has 1 N–H and O–H groups in total. The summed E-state index contributed by atoms with van der Waals surface area (Å²) in [6, 6.07) is 0. The van der Waals surface area contributed by atoms with Crippen LogP contribution in [0.15, 0.2) is 12.2 Å². The molecule has 2 fully saturated rings. The lowest BCUT2D eigenvalue weighted by molar-refractivity contribution is -0.141. The highest BCUT2D eigenvalue weighted by molar-refractivity contribution is 5.72. The van der Waals surface area contributed by atoms with Crippen molar-refractivity contribution < 1.29 is 19.4 Å². The standard InChI is InChI=1S/C12H18O4/c1-7(15-2)3-4-8-9-5-12(14)16-11(9)6-10(8)13/h3-4,7-11,13H,5-6H2,1-2H3/b4-3+/t7?,8-,9-,10?,11?/m1/s1. The van der Waals surface area contributed by atoms with E-state index in [9.17, 15) is 9.90 Å². The summed E-state index contributed by atoms with van der Waals surface area (Å²) >= 11 is 0. The van der Waals surface area contributed by atoms with Crippen molar-refractivity contribution in [3.05, 3.63) is 12.2 Å². The van der Waals surface area contributed by atoms with E-state index < -0.39 is 6.10 Å². The zero-order valence-corrected chi connectivity index (χ0v) is 9.63. The molecule has 2 aliphatic rings. The number of hydrogen-bond acceptors (Lipinski definition) is 4. The van der Waals surface area contributed by atoms with Gasteiger partial charge in [-0.25, -0.2) is 0 Å². The van der Waals surface area contributed by atoms with Gasteiger partial charge in [0.1, 0.15) is 6.10 Å². The lowest BCUT2D eigenvalue weighted by Crippen LogP contribution is -2.18. The third kappa shape index (κ3) is 2.13. The van der Waals surface area contributed by atoms with E-state index in [4.69, 9.17) is 9.47 Å². The minimum Gasteiger partial charge on any atom is -0.462 e. The van der Waals surface area contributed by atoms with Crippen molar-refractivity contribution >= 4 is 5.97 Å². The van der Waals surface area contributed by atoms with Crippen molar-refractivity contribution in [2.24, 2.45) is 11.8 Å². The van der Waals surface area contributed by atoms with Crippen molar-refractivity contribution in [1.29, 1.82) is 0 Å². The number of aliphatic hydroxyl groups is 1. The number of carbonyl (C=O) groups excluding carboxylic acids is 1. The largest absolute Gasteiger partial charge is 0.462 e. The molecule has 0 aromatic heterocycles. The maximum Gasteiger partial charge on any atom is 0.306 e. The lowest BCUT2D eigenvalue weighted by Gasteiger charge is -2.15. The first kappa shape index (κ1) is 11.6. The van der Waals surface area contributed by atoms with Crippen LogP contribution in [-0.4, -0.2) is 36.5 Å². The summed E-state index contributed by atoms with van der Waals surface area (Å²) in [7, 11) is 1.64. The second-order valence-corrected chi connectivity index (χ2v) is 4.60. The van der Waals surface area contributed by atoms with E-state index in [1.807, 2.05) is 19.1 Å². The molecule has 16 heavy (non-hydrogen) atoms. The first-order valence-electron chi connectivity index (χ1n) is 5.70. The zero-order valence-electron chi connectivity index (χ0n) is 9.63. The lowest BCUT2D eigenvalue weighted by atomic mass is 9.91. The van der Waals surface area contributed by atoms with Gasteiger partial charge in [-0.2, -0.15) is 0 Å². The topological polar surface area (TPSA) is 55.8 Å². The fraction of sp³-hybridized carbons (Fsp3) is 0.750. The predicted octanol–water partition coefficient (Wildman–Crippen LogP) is 0.890. The van der Waals surface area contributed by atoms with E-state index in [1.54, 1.807) is 7.11 Å². The van der Waals surface area contributed by atoms with Gasteiger partial charge in [0, 0.05) is 25.4 Å². The van der Waals surface area contributed by atoms with E-state index in [0.29, 0.717) is 12.8 Å². The van der Waals surface area contributed by atoms with Gasteiger partial charge in [0.15, 0.2) is 0 Å². The Balaban J connectivity index is 2.03. The molecule has 90 valence electrons. The molecule has 1 aliphatic carbocycles. The van der Waals surface area contributed by atoms with Gasteiger partial charge in [-0.1, -0.05) is 12.2 Å². The van der Waals surface area contributed by atoms with Gasteiger partial charge in [-0.3, -0.25) is 4.79 Å². The molecule has 2 rings (SSSR count). The van der Waals surface area contributed by atoms with Crippen molar-refractivity contribution in [2.45, 2.75) is 38.1 Å². The molecule has 0 radical (unpaired) electrons. The maximum atomic E-state index is 11.2. The van der Waals surface area contributed by atoms with Crippen LogP contribution < -0.4 is 0 Å². The molecule has 1 saturated heterocycles. The number of carbonyl (C=O) groups is 1. The molecule has 3 unspecified atom stereocenters. The number of rotatable bonds is 3. The molecule has 0 bridgehead atoms. The average molecular weight is 226 g/mol. The number of ether oxygens (including phenoxy) is 2. The minimum absolute atomic E-state index is 0.0223. The van der Waals surface area contributed by atoms with E-state index >= 15 is 0 Å². The highest BCUT2D eigenvalue weighted by Crippen LogP contribution is 2.41. The Morgan fingerprint density at radius 2 is 2.38 bits per heavy atom. The molecule has 1 aliphatic heterocycles. The molecule has 0 aromatic rings. The smallest absolute Gasteiger partial charge is 0.306 e. The minimum atomic E-state index is -0.400. The molecule has 0 aromatic carbocycles. The van der Waals surface area contributed by atoms with E-state index in [1.165, 1.54) is 0 Å². The Hall–Kier alpha value is -0.870. The van der Waals surface area contributed by atoms with E-state index in [-0.39, 0.29) is 30.0 Å². The Morgan fingerprint density at radius 1 is 1.62 bits per heavy atom. The normalized spacial score (nSPS) is 40.1. The summed E-state index contributed by atoms with van der Waals surface area (Å²) in [4.78, 5) is 11.2. The van der Waals surface area contributed by atoms with Crippen molar-refractivity contribution in [2.75, 3.05) is 7.11 Å². The second-order valence-electron chi connectivity index (χ2n) is 4.60. The molecule has 0 spiro atoms. The quantitative estimate of drug-likeness (QED) is 0.573. The van der Waals surface area contributed by atoms with Crippen LogP contribution in [0.3, 0.4) is 0 Å². The molecular weight excluding hydrogens is 208 g/mol. The van der Waals surface area contributed by atoms with Crippen molar-refractivity contribution in [3.8, 4) is 0 Å². The van der Waals surface area contributed by atoms with Gasteiger partial charge >= 0.3 is 5.97 Å². The molecular formula is C12H18O4. The van der Waals surface area contributed by atoms with Crippen LogP contribution in [0.25, 0.3) is 0 Å². The van der Waals surface area contributed by atoms with Crippen LogP contribution >= 0.6 is 0 Å². The van der Waals surface area contributed by atoms with E-state index in [2.05, 4.69) is 0 Å². The van der Waals surface area contributed by atoms with Crippen LogP contribution in [0.4, 0.5) is 0 Å². The predicted molar refractivity (Wildman–Crippen MR) is 57.7 cm³/mol. The third-order valence-electron chi connectivity index (χ3n) is 3.55. The number of hydrogen-bond donors (Lipinski definition) is 1. The van der Waals surface area contributed by atoms with E-state index in [0.717, 1.165) is 0 Å². The summed E-state index contributed by atoms with van der Waals surface area (Å²) in [5, 5.41) is 9.88. The highest BCUT2D eigenvalue weighted by Gasteiger charge is 2.48. The van der Waals surface area contributed by atoms with Crippen LogP contribution in [0.1, 0.15) is 19.8 Å². The van der Waals surface area contributed by atoms with Crippen molar-refractivity contribution in [1.82, 2.24) is 0 Å². The van der Waals surface area contributed by atoms with Crippen LogP contribution in [-0.2, 0) is 14.3 Å². The summed E-state index contributed by atoms with van der Waals surface area (Å²) in [5.41, 5.74) is 0. The molecule has 4 heteroatoms. The Labute approximate surface area is 95.2 Å². The first-order chi connectivity index (χ1) is 7.61. The Kier molecular flexibility index (Phi) is 3.30. The monoisotopic (exact) mass is 226 g/mol. The number of esters is 1. The fourth-order valence-corrected chi connectivity index (χ4v) is 2.55. The summed E-state index contributed by atoms with van der Waals surface area (Å²) < 4.78 is 10.3. The summed E-state index contributed by atoms with van der Waals surface area (Å²) in [5.74, 6) is 0.0250. The number of methoxy groups -OCH3 is 1. The summed E-state index contributed by atoms with van der Waals surface area (Å²) in [6.07, 6.45) is 4.43. The number of fused-ring (bicyclic) bond motifs is 1. The van der Waals surface area contributed by atoms with Crippen LogP contribution in [0, 0.1) is 11.8 Å². The SMILES string of the molecule is COC(C)/C=C/[C@H]1C(O)CC2OC(=O)C[C@@H]21. The molecule has 1 heterocycles. The van der Waals surface area contributed by atoms with Gasteiger partial charge in [-0.05, 0) is 6.92 Å². The zero-order chi connectivity index (χ0) is 11.7. The Bertz CT molecular complexity index is 299. The number of aliphatic hydroxyl groups excluding tert-OH is 1. The van der Waals surface area contributed by atoms with Crippen LogP contribution in [0.5, 0.6) is 0 Å². The van der Waals surface area contributed by atoms with Gasteiger partial charge < -0.3 is 14.6 Å². The average Bonchev–Trinajstić information content (AvgIpc) is 2.71. The highest BCUT2D eigenvalue weighted by atomic mass is 16.6. The molecule has 4 nitrogen and oxygen atoms in total. The van der Waals surface area contributed by atoms with Crippen molar-refractivity contribution in [3.63, 3.8) is 0 Å². The van der Waals surface area contributed by atoms with Gasteiger partial charge in [0.2, 0.25) is 0 Å². The second kappa shape index (κ2) is 4.55. The molecule has 1 saturated carbocycles. The first-order valence-corrected chi connectivity index (χ1v) is 5.70. The van der Waals surface area contributed by atoms with Crippen LogP contribution in [0.2, 0.25) is 0 Å². The third-order valence-corrected chi connectivity index (χ3v) is 3.55. The summed E-state index contributed by atoms with van der Waals surface area (Å²) in [6.45, 7) is 1.94.